The molecule has 5 nitrogen and oxygen atoms in total. The Kier molecular flexibility index (Phi) is 57.4. The highest BCUT2D eigenvalue weighted by Crippen LogP contribution is 2.17. The summed E-state index contributed by atoms with van der Waals surface area (Å²) in [5.41, 5.74) is 0. The minimum absolute atomic E-state index is 0.0704. The summed E-state index contributed by atoms with van der Waals surface area (Å²) in [6.07, 6.45) is 85.3. The number of hydrogen-bond acceptors (Lipinski definition) is 5. The third kappa shape index (κ3) is 57.4. The Hall–Kier alpha value is -3.18. The summed E-state index contributed by atoms with van der Waals surface area (Å²) in [6, 6.07) is 0. The lowest BCUT2D eigenvalue weighted by Crippen LogP contribution is -2.28. The first-order valence-electron chi connectivity index (χ1n) is 29.8. The fourth-order valence-electron chi connectivity index (χ4n) is 8.46. The van der Waals surface area contributed by atoms with E-state index in [-0.39, 0.29) is 25.2 Å². The summed E-state index contributed by atoms with van der Waals surface area (Å²) < 4.78 is 10.7. The lowest BCUT2D eigenvalue weighted by Gasteiger charge is -2.15. The SMILES string of the molecule is CC/C=C\C/C=C\C/C=C\C/C=C\C/C=C\C/C=C\C/C=C\C/C=C\CCCCCCCCCCC(=O)OC(CO)COC(=O)CCCCCCCCCCCCCCCCCCCCCCCCC. The van der Waals surface area contributed by atoms with Crippen LogP contribution in [0.2, 0.25) is 0 Å². The smallest absolute Gasteiger partial charge is 0.306 e. The molecule has 0 aliphatic rings. The van der Waals surface area contributed by atoms with E-state index in [0.717, 1.165) is 96.3 Å². The maximum atomic E-state index is 12.3. The average Bonchev–Trinajstić information content (AvgIpc) is 3.36. The van der Waals surface area contributed by atoms with Gasteiger partial charge in [0.05, 0.1) is 6.61 Å². The van der Waals surface area contributed by atoms with Gasteiger partial charge in [-0.25, -0.2) is 0 Å². The number of esters is 2. The summed E-state index contributed by atoms with van der Waals surface area (Å²) in [5, 5.41) is 9.67. The Bertz CT molecular complexity index is 1330. The zero-order valence-electron chi connectivity index (χ0n) is 46.0. The topological polar surface area (TPSA) is 72.8 Å². The second kappa shape index (κ2) is 60.1. The Labute approximate surface area is 434 Å². The molecule has 0 aliphatic carbocycles. The van der Waals surface area contributed by atoms with Crippen LogP contribution in [0.5, 0.6) is 0 Å². The Balaban J connectivity index is 3.54. The van der Waals surface area contributed by atoms with Crippen molar-refractivity contribution in [2.75, 3.05) is 13.2 Å². The van der Waals surface area contributed by atoms with Crippen LogP contribution in [0, 0.1) is 0 Å². The molecule has 0 saturated heterocycles. The molecule has 1 unspecified atom stereocenters. The number of ether oxygens (including phenoxy) is 2. The predicted octanol–water partition coefficient (Wildman–Crippen LogP) is 20.3. The van der Waals surface area contributed by atoms with Crippen LogP contribution in [-0.2, 0) is 19.1 Å². The Morgan fingerprint density at radius 3 is 0.929 bits per heavy atom. The first kappa shape index (κ1) is 66.8. The highest BCUT2D eigenvalue weighted by atomic mass is 16.6. The standard InChI is InChI=1S/C65H112O5/c1-3-5-7-9-11-13-15-17-19-21-23-25-27-28-29-30-31-32-33-34-35-36-38-40-42-44-46-48-50-52-54-56-58-60-65(68)70-63(61-66)62-69-64(67)59-57-55-53-51-49-47-45-43-41-39-37-26-24-22-20-18-16-14-12-10-8-6-4-2/h5,7,11,13,17,19,23,25,28-29,31-32,34-35,38,40,63,66H,3-4,6,8-10,12,14-16,18,20-22,24,26-27,30,33,36-37,39,41-62H2,1-2H3/b7-5-,13-11-,19-17-,25-23-,29-28-,32-31-,35-34-,40-38-. The number of rotatable bonds is 54. The molecule has 0 aromatic heterocycles. The largest absolute Gasteiger partial charge is 0.462 e. The molecule has 0 fully saturated rings. The highest BCUT2D eigenvalue weighted by Gasteiger charge is 2.16. The molecule has 0 rings (SSSR count). The quantitative estimate of drug-likeness (QED) is 0.0373. The second-order valence-corrected chi connectivity index (χ2v) is 19.7. The van der Waals surface area contributed by atoms with Crippen LogP contribution >= 0.6 is 0 Å². The van der Waals surface area contributed by atoms with E-state index in [9.17, 15) is 14.7 Å². The molecule has 1 atom stereocenters. The molecule has 0 amide bonds. The van der Waals surface area contributed by atoms with E-state index in [2.05, 4.69) is 111 Å². The molecule has 0 aliphatic heterocycles. The van der Waals surface area contributed by atoms with Crippen molar-refractivity contribution in [3.8, 4) is 0 Å². The molecule has 402 valence electrons. The van der Waals surface area contributed by atoms with E-state index in [0.29, 0.717) is 12.8 Å². The van der Waals surface area contributed by atoms with Crippen LogP contribution in [0.4, 0.5) is 0 Å². The maximum Gasteiger partial charge on any atom is 0.306 e. The lowest BCUT2D eigenvalue weighted by molar-refractivity contribution is -0.161. The molecule has 0 spiro atoms. The fourth-order valence-corrected chi connectivity index (χ4v) is 8.46. The van der Waals surface area contributed by atoms with Gasteiger partial charge in [0.25, 0.3) is 0 Å². The molecule has 0 aromatic carbocycles. The number of unbranched alkanes of at least 4 members (excludes halogenated alkanes) is 30. The van der Waals surface area contributed by atoms with E-state index in [4.69, 9.17) is 9.47 Å². The number of hydrogen-bond donors (Lipinski definition) is 1. The zero-order valence-corrected chi connectivity index (χ0v) is 46.0. The number of carbonyl (C=O) groups is 2. The predicted molar refractivity (Wildman–Crippen MR) is 306 cm³/mol. The average molecular weight is 974 g/mol. The van der Waals surface area contributed by atoms with E-state index < -0.39 is 6.10 Å². The van der Waals surface area contributed by atoms with E-state index in [1.54, 1.807) is 0 Å². The van der Waals surface area contributed by atoms with Gasteiger partial charge < -0.3 is 14.6 Å². The number of carbonyl (C=O) groups excluding carboxylic acids is 2. The zero-order chi connectivity index (χ0) is 50.6. The van der Waals surface area contributed by atoms with Gasteiger partial charge in [-0.15, -0.1) is 0 Å². The number of aliphatic hydroxyl groups excluding tert-OH is 1. The number of allylic oxidation sites excluding steroid dienone is 16. The summed E-state index contributed by atoms with van der Waals surface area (Å²) >= 11 is 0. The van der Waals surface area contributed by atoms with Crippen molar-refractivity contribution in [3.05, 3.63) is 97.2 Å². The molecule has 0 aromatic rings. The molecular formula is C65H112O5. The summed E-state index contributed by atoms with van der Waals surface area (Å²) in [5.74, 6) is -0.593. The van der Waals surface area contributed by atoms with Crippen molar-refractivity contribution in [1.82, 2.24) is 0 Å². The molecular weight excluding hydrogens is 861 g/mol. The van der Waals surface area contributed by atoms with Crippen LogP contribution in [0.3, 0.4) is 0 Å². The molecule has 70 heavy (non-hydrogen) atoms. The molecule has 0 radical (unpaired) electrons. The van der Waals surface area contributed by atoms with Crippen LogP contribution in [0.15, 0.2) is 97.2 Å². The second-order valence-electron chi connectivity index (χ2n) is 19.7. The normalized spacial score (nSPS) is 12.9. The molecule has 0 bridgehead atoms. The van der Waals surface area contributed by atoms with Crippen molar-refractivity contribution in [2.24, 2.45) is 0 Å². The van der Waals surface area contributed by atoms with Gasteiger partial charge in [-0.3, -0.25) is 9.59 Å². The summed E-state index contributed by atoms with van der Waals surface area (Å²) in [4.78, 5) is 24.6. The van der Waals surface area contributed by atoms with Crippen molar-refractivity contribution in [3.63, 3.8) is 0 Å². The van der Waals surface area contributed by atoms with Gasteiger partial charge >= 0.3 is 11.9 Å². The van der Waals surface area contributed by atoms with Crippen molar-refractivity contribution in [2.45, 2.75) is 290 Å². The third-order valence-corrected chi connectivity index (χ3v) is 12.9. The molecule has 1 N–H and O–H groups in total. The van der Waals surface area contributed by atoms with Crippen LogP contribution in [0.1, 0.15) is 284 Å². The molecule has 5 heteroatoms. The lowest BCUT2D eigenvalue weighted by atomic mass is 10.0. The third-order valence-electron chi connectivity index (χ3n) is 12.9. The monoisotopic (exact) mass is 973 g/mol. The van der Waals surface area contributed by atoms with Crippen molar-refractivity contribution >= 4 is 11.9 Å². The first-order chi connectivity index (χ1) is 34.6. The van der Waals surface area contributed by atoms with Gasteiger partial charge in [0.1, 0.15) is 6.61 Å². The first-order valence-corrected chi connectivity index (χ1v) is 29.8. The van der Waals surface area contributed by atoms with Gasteiger partial charge in [-0.2, -0.15) is 0 Å². The minimum atomic E-state index is -0.781. The fraction of sp³-hybridized carbons (Fsp3) is 0.723. The Morgan fingerprint density at radius 2 is 0.614 bits per heavy atom. The molecule has 0 saturated carbocycles. The van der Waals surface area contributed by atoms with Gasteiger partial charge in [-0.05, 0) is 77.0 Å². The van der Waals surface area contributed by atoms with Crippen LogP contribution in [0.25, 0.3) is 0 Å². The number of aliphatic hydroxyl groups is 1. The van der Waals surface area contributed by atoms with E-state index >= 15 is 0 Å². The summed E-state index contributed by atoms with van der Waals surface area (Å²) in [6.45, 7) is 4.05. The van der Waals surface area contributed by atoms with Crippen molar-refractivity contribution in [1.29, 1.82) is 0 Å². The van der Waals surface area contributed by atoms with Gasteiger partial charge in [0.2, 0.25) is 0 Å². The van der Waals surface area contributed by atoms with E-state index in [1.165, 1.54) is 161 Å². The maximum absolute atomic E-state index is 12.3. The van der Waals surface area contributed by atoms with E-state index in [1.807, 2.05) is 0 Å². The van der Waals surface area contributed by atoms with Crippen LogP contribution < -0.4 is 0 Å². The molecule has 0 heterocycles. The van der Waals surface area contributed by atoms with Crippen molar-refractivity contribution < 1.29 is 24.2 Å². The summed E-state index contributed by atoms with van der Waals surface area (Å²) in [7, 11) is 0. The van der Waals surface area contributed by atoms with Gasteiger partial charge in [-0.1, -0.05) is 291 Å². The van der Waals surface area contributed by atoms with Gasteiger partial charge in [0, 0.05) is 12.8 Å². The Morgan fingerprint density at radius 1 is 0.343 bits per heavy atom. The highest BCUT2D eigenvalue weighted by molar-refractivity contribution is 5.70. The van der Waals surface area contributed by atoms with Gasteiger partial charge in [0.15, 0.2) is 6.10 Å². The minimum Gasteiger partial charge on any atom is -0.462 e. The van der Waals surface area contributed by atoms with Crippen LogP contribution in [-0.4, -0.2) is 36.4 Å².